The van der Waals surface area contributed by atoms with E-state index in [9.17, 15) is 20.2 Å². The Morgan fingerprint density at radius 1 is 1.10 bits per heavy atom. The van der Waals surface area contributed by atoms with Crippen molar-refractivity contribution in [3.63, 3.8) is 0 Å². The lowest BCUT2D eigenvalue weighted by Gasteiger charge is -2.35. The van der Waals surface area contributed by atoms with E-state index in [2.05, 4.69) is 4.90 Å². The zero-order valence-electron chi connectivity index (χ0n) is 11.3. The molecule has 21 heavy (non-hydrogen) atoms. The van der Waals surface area contributed by atoms with Gasteiger partial charge in [-0.1, -0.05) is 0 Å². The SMILES string of the molecule is O=[N+]([O-])c1ccc(N2CCN(CCO)CC2)c([N+](=O)[O-])c1. The number of β-amino-alcohol motifs (C(OH)–C–C–N with tert-alkyl or cyclic N) is 1. The van der Waals surface area contributed by atoms with Gasteiger partial charge in [-0.05, 0) is 6.07 Å². The second-order valence-electron chi connectivity index (χ2n) is 4.74. The molecule has 9 nitrogen and oxygen atoms in total. The minimum Gasteiger partial charge on any atom is -0.395 e. The molecule has 0 unspecified atom stereocenters. The highest BCUT2D eigenvalue weighted by molar-refractivity contribution is 5.67. The molecule has 0 aliphatic carbocycles. The van der Waals surface area contributed by atoms with Crippen molar-refractivity contribution in [3.8, 4) is 0 Å². The zero-order valence-corrected chi connectivity index (χ0v) is 11.3. The number of nitrogens with zero attached hydrogens (tertiary/aromatic N) is 4. The second kappa shape index (κ2) is 6.46. The fraction of sp³-hybridized carbons (Fsp3) is 0.500. The maximum Gasteiger partial charge on any atom is 0.299 e. The van der Waals surface area contributed by atoms with Crippen LogP contribution in [-0.2, 0) is 0 Å². The van der Waals surface area contributed by atoms with E-state index in [1.165, 1.54) is 12.1 Å². The van der Waals surface area contributed by atoms with Crippen LogP contribution in [0.5, 0.6) is 0 Å². The quantitative estimate of drug-likeness (QED) is 0.625. The van der Waals surface area contributed by atoms with Crippen LogP contribution in [0, 0.1) is 20.2 Å². The Hall–Kier alpha value is -2.26. The lowest BCUT2D eigenvalue weighted by Crippen LogP contribution is -2.47. The molecule has 0 radical (unpaired) electrons. The van der Waals surface area contributed by atoms with Gasteiger partial charge in [-0.15, -0.1) is 0 Å². The Morgan fingerprint density at radius 2 is 1.76 bits per heavy atom. The summed E-state index contributed by atoms with van der Waals surface area (Å²) in [7, 11) is 0. The Morgan fingerprint density at radius 3 is 2.29 bits per heavy atom. The third-order valence-electron chi connectivity index (χ3n) is 3.50. The molecule has 1 heterocycles. The number of nitro benzene ring substituents is 2. The molecule has 1 aromatic rings. The highest BCUT2D eigenvalue weighted by Gasteiger charge is 2.25. The van der Waals surface area contributed by atoms with Crippen molar-refractivity contribution < 1.29 is 15.0 Å². The molecule has 9 heteroatoms. The van der Waals surface area contributed by atoms with Gasteiger partial charge in [0.15, 0.2) is 0 Å². The van der Waals surface area contributed by atoms with Crippen molar-refractivity contribution in [1.82, 2.24) is 4.90 Å². The largest absolute Gasteiger partial charge is 0.395 e. The monoisotopic (exact) mass is 296 g/mol. The molecule has 0 spiro atoms. The topological polar surface area (TPSA) is 113 Å². The lowest BCUT2D eigenvalue weighted by molar-refractivity contribution is -0.393. The molecule has 1 aromatic carbocycles. The van der Waals surface area contributed by atoms with Gasteiger partial charge in [-0.2, -0.15) is 0 Å². The molecular weight excluding hydrogens is 280 g/mol. The average Bonchev–Trinajstić information content (AvgIpc) is 2.47. The summed E-state index contributed by atoms with van der Waals surface area (Å²) in [6, 6.07) is 3.70. The summed E-state index contributed by atoms with van der Waals surface area (Å²) in [6.07, 6.45) is 0. The first-order valence-electron chi connectivity index (χ1n) is 6.54. The Bertz CT molecular complexity index is 542. The molecule has 0 amide bonds. The van der Waals surface area contributed by atoms with Crippen molar-refractivity contribution in [2.75, 3.05) is 44.2 Å². The van der Waals surface area contributed by atoms with Crippen molar-refractivity contribution >= 4 is 17.1 Å². The zero-order chi connectivity index (χ0) is 15.4. The highest BCUT2D eigenvalue weighted by atomic mass is 16.6. The van der Waals surface area contributed by atoms with Crippen LogP contribution in [0.15, 0.2) is 18.2 Å². The van der Waals surface area contributed by atoms with E-state index in [4.69, 9.17) is 5.11 Å². The standard InChI is InChI=1S/C12H16N4O5/c17-8-7-13-3-5-14(6-4-13)11-2-1-10(15(18)19)9-12(11)16(20)21/h1-2,9,17H,3-8H2. The van der Waals surface area contributed by atoms with Crippen LogP contribution < -0.4 is 4.90 Å². The van der Waals surface area contributed by atoms with E-state index in [0.717, 1.165) is 6.07 Å². The predicted molar refractivity (Wildman–Crippen MR) is 75.5 cm³/mol. The fourth-order valence-corrected chi connectivity index (χ4v) is 2.39. The van der Waals surface area contributed by atoms with Crippen LogP contribution in [0.4, 0.5) is 17.1 Å². The van der Waals surface area contributed by atoms with Gasteiger partial charge in [0.05, 0.1) is 22.5 Å². The number of nitro groups is 2. The van der Waals surface area contributed by atoms with Crippen LogP contribution in [0.1, 0.15) is 0 Å². The predicted octanol–water partition coefficient (Wildman–Crippen LogP) is 0.617. The molecule has 114 valence electrons. The number of hydrogen-bond donors (Lipinski definition) is 1. The molecule has 0 bridgehead atoms. The first-order chi connectivity index (χ1) is 10.0. The molecule has 1 aliphatic rings. The third kappa shape index (κ3) is 3.44. The van der Waals surface area contributed by atoms with Gasteiger partial charge in [-0.3, -0.25) is 25.1 Å². The third-order valence-corrected chi connectivity index (χ3v) is 3.50. The first-order valence-corrected chi connectivity index (χ1v) is 6.54. The van der Waals surface area contributed by atoms with Crippen LogP contribution in [0.2, 0.25) is 0 Å². The van der Waals surface area contributed by atoms with Crippen LogP contribution >= 0.6 is 0 Å². The molecule has 1 saturated heterocycles. The van der Waals surface area contributed by atoms with Gasteiger partial charge in [-0.25, -0.2) is 0 Å². The number of aliphatic hydroxyl groups is 1. The summed E-state index contributed by atoms with van der Waals surface area (Å²) >= 11 is 0. The summed E-state index contributed by atoms with van der Waals surface area (Å²) in [6.45, 7) is 3.20. The van der Waals surface area contributed by atoms with E-state index in [-0.39, 0.29) is 18.0 Å². The molecule has 0 saturated carbocycles. The molecule has 2 rings (SSSR count). The fourth-order valence-electron chi connectivity index (χ4n) is 2.39. The van der Waals surface area contributed by atoms with E-state index in [1.807, 2.05) is 4.90 Å². The van der Waals surface area contributed by atoms with Gasteiger partial charge in [0.2, 0.25) is 0 Å². The number of non-ortho nitro benzene ring substituents is 1. The van der Waals surface area contributed by atoms with Gasteiger partial charge < -0.3 is 10.0 Å². The number of hydrogen-bond acceptors (Lipinski definition) is 7. The molecule has 1 N–H and O–H groups in total. The Labute approximate surface area is 120 Å². The van der Waals surface area contributed by atoms with E-state index in [0.29, 0.717) is 38.4 Å². The van der Waals surface area contributed by atoms with Gasteiger partial charge >= 0.3 is 0 Å². The first kappa shape index (κ1) is 15.1. The average molecular weight is 296 g/mol. The minimum atomic E-state index is -0.643. The van der Waals surface area contributed by atoms with E-state index < -0.39 is 9.85 Å². The number of rotatable bonds is 5. The molecule has 0 aromatic heterocycles. The molecular formula is C12H16N4O5. The van der Waals surface area contributed by atoms with Gasteiger partial charge in [0.25, 0.3) is 11.4 Å². The van der Waals surface area contributed by atoms with E-state index in [1.54, 1.807) is 0 Å². The maximum atomic E-state index is 11.1. The summed E-state index contributed by atoms with van der Waals surface area (Å²) in [5.41, 5.74) is -0.140. The Kier molecular flexibility index (Phi) is 4.66. The highest BCUT2D eigenvalue weighted by Crippen LogP contribution is 2.32. The number of benzene rings is 1. The normalized spacial score (nSPS) is 16.0. The van der Waals surface area contributed by atoms with Crippen molar-refractivity contribution in [1.29, 1.82) is 0 Å². The van der Waals surface area contributed by atoms with Gasteiger partial charge in [0.1, 0.15) is 5.69 Å². The van der Waals surface area contributed by atoms with Crippen LogP contribution in [0.3, 0.4) is 0 Å². The van der Waals surface area contributed by atoms with Crippen LogP contribution in [-0.4, -0.2) is 59.2 Å². The van der Waals surface area contributed by atoms with Crippen molar-refractivity contribution in [2.24, 2.45) is 0 Å². The minimum absolute atomic E-state index is 0.0810. The maximum absolute atomic E-state index is 11.1. The molecule has 0 atom stereocenters. The summed E-state index contributed by atoms with van der Waals surface area (Å²) in [5, 5.41) is 30.7. The summed E-state index contributed by atoms with van der Waals surface area (Å²) in [4.78, 5) is 24.5. The van der Waals surface area contributed by atoms with Crippen molar-refractivity contribution in [3.05, 3.63) is 38.4 Å². The van der Waals surface area contributed by atoms with Crippen LogP contribution in [0.25, 0.3) is 0 Å². The number of piperazine rings is 1. The second-order valence-corrected chi connectivity index (χ2v) is 4.74. The van der Waals surface area contributed by atoms with Gasteiger partial charge in [0, 0.05) is 38.8 Å². The summed E-state index contributed by atoms with van der Waals surface area (Å²) in [5.74, 6) is 0. The summed E-state index contributed by atoms with van der Waals surface area (Å²) < 4.78 is 0. The van der Waals surface area contributed by atoms with E-state index >= 15 is 0 Å². The molecule has 1 fully saturated rings. The number of anilines is 1. The van der Waals surface area contributed by atoms with Crippen molar-refractivity contribution in [2.45, 2.75) is 0 Å². The lowest BCUT2D eigenvalue weighted by atomic mass is 10.2. The number of aliphatic hydroxyl groups excluding tert-OH is 1. The smallest absolute Gasteiger partial charge is 0.299 e. The molecule has 1 aliphatic heterocycles. The Balaban J connectivity index is 2.20.